The highest BCUT2D eigenvalue weighted by Crippen LogP contribution is 2.16. The minimum absolute atomic E-state index is 0.209. The summed E-state index contributed by atoms with van der Waals surface area (Å²) in [6.45, 7) is 6.35. The van der Waals surface area contributed by atoms with Gasteiger partial charge < -0.3 is 10.1 Å². The van der Waals surface area contributed by atoms with Gasteiger partial charge in [-0.05, 0) is 18.9 Å². The van der Waals surface area contributed by atoms with Crippen molar-refractivity contribution in [3.8, 4) is 0 Å². The van der Waals surface area contributed by atoms with E-state index in [0.717, 1.165) is 12.0 Å². The molecule has 0 aliphatic carbocycles. The Balaban J connectivity index is 2.68. The van der Waals surface area contributed by atoms with Crippen molar-refractivity contribution >= 4 is 5.97 Å². The number of methoxy groups -OCH3 is 1. The second kappa shape index (κ2) is 7.67. The molecule has 18 heavy (non-hydrogen) atoms. The first-order chi connectivity index (χ1) is 8.69. The number of benzene rings is 1. The molecule has 2 unspecified atom stereocenters. The van der Waals surface area contributed by atoms with Gasteiger partial charge in [0.1, 0.15) is 0 Å². The fraction of sp³-hybridized carbons (Fsp3) is 0.400. The van der Waals surface area contributed by atoms with E-state index in [1.165, 1.54) is 7.11 Å². The quantitative estimate of drug-likeness (QED) is 0.594. The number of rotatable bonds is 7. The second-order valence-electron chi connectivity index (χ2n) is 4.32. The summed E-state index contributed by atoms with van der Waals surface area (Å²) < 4.78 is 4.86. The summed E-state index contributed by atoms with van der Waals surface area (Å²) >= 11 is 0. The molecule has 0 aliphatic heterocycles. The number of esters is 1. The standard InChI is InChI=1S/C15H21NO2/c1-4-8-12(2)16-11-14(15(17)18-3)13-9-6-5-7-10-13/h4-7,9-10,12,14,16H,1,8,11H2,2-3H3. The van der Waals surface area contributed by atoms with Gasteiger partial charge in [0.05, 0.1) is 13.0 Å². The van der Waals surface area contributed by atoms with E-state index in [-0.39, 0.29) is 11.9 Å². The molecule has 1 aromatic rings. The zero-order chi connectivity index (χ0) is 13.4. The molecule has 0 radical (unpaired) electrons. The third kappa shape index (κ3) is 4.34. The first kappa shape index (κ1) is 14.5. The van der Waals surface area contributed by atoms with Gasteiger partial charge in [-0.1, -0.05) is 36.4 Å². The fourth-order valence-electron chi connectivity index (χ4n) is 1.82. The fourth-order valence-corrected chi connectivity index (χ4v) is 1.82. The Morgan fingerprint density at radius 3 is 2.67 bits per heavy atom. The van der Waals surface area contributed by atoms with Crippen LogP contribution in [0.3, 0.4) is 0 Å². The van der Waals surface area contributed by atoms with Crippen molar-refractivity contribution in [3.05, 3.63) is 48.6 Å². The highest BCUT2D eigenvalue weighted by atomic mass is 16.5. The van der Waals surface area contributed by atoms with Gasteiger partial charge in [0, 0.05) is 12.6 Å². The maximum Gasteiger partial charge on any atom is 0.314 e. The average molecular weight is 247 g/mol. The number of carbonyl (C=O) groups is 1. The minimum Gasteiger partial charge on any atom is -0.469 e. The van der Waals surface area contributed by atoms with Gasteiger partial charge in [0.15, 0.2) is 0 Å². The van der Waals surface area contributed by atoms with Gasteiger partial charge >= 0.3 is 5.97 Å². The van der Waals surface area contributed by atoms with Crippen LogP contribution in [-0.2, 0) is 9.53 Å². The van der Waals surface area contributed by atoms with E-state index in [0.29, 0.717) is 12.6 Å². The molecule has 0 spiro atoms. The van der Waals surface area contributed by atoms with Crippen LogP contribution >= 0.6 is 0 Å². The highest BCUT2D eigenvalue weighted by Gasteiger charge is 2.21. The van der Waals surface area contributed by atoms with Crippen LogP contribution in [0.15, 0.2) is 43.0 Å². The van der Waals surface area contributed by atoms with Crippen molar-refractivity contribution in [2.75, 3.05) is 13.7 Å². The van der Waals surface area contributed by atoms with E-state index in [9.17, 15) is 4.79 Å². The molecular weight excluding hydrogens is 226 g/mol. The number of carbonyl (C=O) groups excluding carboxylic acids is 1. The van der Waals surface area contributed by atoms with Crippen molar-refractivity contribution < 1.29 is 9.53 Å². The van der Waals surface area contributed by atoms with E-state index in [1.54, 1.807) is 0 Å². The number of hydrogen-bond donors (Lipinski definition) is 1. The lowest BCUT2D eigenvalue weighted by Crippen LogP contribution is -2.33. The van der Waals surface area contributed by atoms with Gasteiger partial charge in [-0.15, -0.1) is 6.58 Å². The van der Waals surface area contributed by atoms with Gasteiger partial charge in [-0.2, -0.15) is 0 Å². The van der Waals surface area contributed by atoms with E-state index >= 15 is 0 Å². The van der Waals surface area contributed by atoms with E-state index in [4.69, 9.17) is 4.74 Å². The molecule has 0 bridgehead atoms. The summed E-state index contributed by atoms with van der Waals surface area (Å²) in [7, 11) is 1.42. The topological polar surface area (TPSA) is 38.3 Å². The molecule has 0 aromatic heterocycles. The summed E-state index contributed by atoms with van der Waals surface area (Å²) in [5.74, 6) is -0.469. The molecule has 0 saturated heterocycles. The van der Waals surface area contributed by atoms with Crippen molar-refractivity contribution in [1.82, 2.24) is 5.32 Å². The molecule has 3 nitrogen and oxygen atoms in total. The first-order valence-electron chi connectivity index (χ1n) is 6.16. The molecule has 98 valence electrons. The van der Waals surface area contributed by atoms with Crippen LogP contribution in [0.5, 0.6) is 0 Å². The van der Waals surface area contributed by atoms with Crippen LogP contribution in [0.2, 0.25) is 0 Å². The molecule has 0 fully saturated rings. The Morgan fingerprint density at radius 2 is 2.11 bits per heavy atom. The molecular formula is C15H21NO2. The zero-order valence-electron chi connectivity index (χ0n) is 11.1. The van der Waals surface area contributed by atoms with Crippen molar-refractivity contribution in [2.24, 2.45) is 0 Å². The smallest absolute Gasteiger partial charge is 0.314 e. The molecule has 0 saturated carbocycles. The summed E-state index contributed by atoms with van der Waals surface area (Å²) in [4.78, 5) is 11.8. The van der Waals surface area contributed by atoms with Gasteiger partial charge in [-0.25, -0.2) is 0 Å². The molecule has 1 rings (SSSR count). The first-order valence-corrected chi connectivity index (χ1v) is 6.16. The predicted molar refractivity (Wildman–Crippen MR) is 73.5 cm³/mol. The molecule has 0 aliphatic rings. The molecule has 0 amide bonds. The van der Waals surface area contributed by atoms with Crippen LogP contribution < -0.4 is 5.32 Å². The Morgan fingerprint density at radius 1 is 1.44 bits per heavy atom. The third-order valence-electron chi connectivity index (χ3n) is 2.88. The lowest BCUT2D eigenvalue weighted by molar-refractivity contribution is -0.142. The maximum absolute atomic E-state index is 11.8. The molecule has 2 atom stereocenters. The lowest BCUT2D eigenvalue weighted by atomic mass is 9.99. The van der Waals surface area contributed by atoms with Crippen LogP contribution in [0.4, 0.5) is 0 Å². The molecule has 1 aromatic carbocycles. The third-order valence-corrected chi connectivity index (χ3v) is 2.88. The largest absolute Gasteiger partial charge is 0.469 e. The van der Waals surface area contributed by atoms with Gasteiger partial charge in [-0.3, -0.25) is 4.79 Å². The van der Waals surface area contributed by atoms with Gasteiger partial charge in [0.2, 0.25) is 0 Å². The monoisotopic (exact) mass is 247 g/mol. The lowest BCUT2D eigenvalue weighted by Gasteiger charge is -2.18. The normalized spacial score (nSPS) is 13.7. The van der Waals surface area contributed by atoms with Crippen molar-refractivity contribution in [2.45, 2.75) is 25.3 Å². The second-order valence-corrected chi connectivity index (χ2v) is 4.32. The van der Waals surface area contributed by atoms with Crippen LogP contribution in [0.1, 0.15) is 24.8 Å². The maximum atomic E-state index is 11.8. The van der Waals surface area contributed by atoms with E-state index in [2.05, 4.69) is 18.8 Å². The van der Waals surface area contributed by atoms with Crippen LogP contribution in [0.25, 0.3) is 0 Å². The molecule has 0 heterocycles. The predicted octanol–water partition coefficient (Wildman–Crippen LogP) is 2.50. The summed E-state index contributed by atoms with van der Waals surface area (Å²) in [5, 5.41) is 3.33. The number of nitrogens with one attached hydrogen (secondary N) is 1. The number of hydrogen-bond acceptors (Lipinski definition) is 3. The average Bonchev–Trinajstić information content (AvgIpc) is 2.40. The minimum atomic E-state index is -0.261. The Hall–Kier alpha value is -1.61. The van der Waals surface area contributed by atoms with Crippen molar-refractivity contribution in [1.29, 1.82) is 0 Å². The van der Waals surface area contributed by atoms with E-state index in [1.807, 2.05) is 36.4 Å². The molecule has 1 N–H and O–H groups in total. The Labute approximate surface area is 109 Å². The Kier molecular flexibility index (Phi) is 6.15. The SMILES string of the molecule is C=CCC(C)NCC(C(=O)OC)c1ccccc1. The van der Waals surface area contributed by atoms with Crippen molar-refractivity contribution in [3.63, 3.8) is 0 Å². The summed E-state index contributed by atoms with van der Waals surface area (Å²) in [5.41, 5.74) is 0.975. The van der Waals surface area contributed by atoms with Crippen LogP contribution in [-0.4, -0.2) is 25.7 Å². The van der Waals surface area contributed by atoms with Gasteiger partial charge in [0.25, 0.3) is 0 Å². The molecule has 3 heteroatoms. The van der Waals surface area contributed by atoms with E-state index < -0.39 is 0 Å². The summed E-state index contributed by atoms with van der Waals surface area (Å²) in [6, 6.07) is 9.99. The number of ether oxygens (including phenoxy) is 1. The highest BCUT2D eigenvalue weighted by molar-refractivity contribution is 5.78. The Bertz CT molecular complexity index is 375. The summed E-state index contributed by atoms with van der Waals surface area (Å²) in [6.07, 6.45) is 2.75. The zero-order valence-corrected chi connectivity index (χ0v) is 11.1. The van der Waals surface area contributed by atoms with Crippen LogP contribution in [0, 0.1) is 0 Å².